The van der Waals surface area contributed by atoms with Gasteiger partial charge in [-0.15, -0.1) is 11.3 Å². The monoisotopic (exact) mass is 250 g/mol. The molecule has 3 rings (SSSR count). The van der Waals surface area contributed by atoms with Gasteiger partial charge in [-0.05, 0) is 38.6 Å². The van der Waals surface area contributed by atoms with E-state index in [9.17, 15) is 0 Å². The molecule has 3 heteroatoms. The van der Waals surface area contributed by atoms with Gasteiger partial charge in [0.15, 0.2) is 0 Å². The Balaban J connectivity index is 1.52. The summed E-state index contributed by atoms with van der Waals surface area (Å²) in [5.41, 5.74) is 1.39. The first-order valence-electron chi connectivity index (χ1n) is 7.09. The van der Waals surface area contributed by atoms with Gasteiger partial charge in [-0.2, -0.15) is 0 Å². The molecule has 1 aliphatic heterocycles. The molecule has 94 valence electrons. The topological polar surface area (TPSA) is 24.9 Å². The Hall–Kier alpha value is -0.410. The van der Waals surface area contributed by atoms with Crippen LogP contribution in [0.1, 0.15) is 61.6 Å². The Morgan fingerprint density at radius 3 is 2.88 bits per heavy atom. The predicted molar refractivity (Wildman–Crippen MR) is 72.7 cm³/mol. The number of nitrogens with zero attached hydrogens (tertiary/aromatic N) is 1. The van der Waals surface area contributed by atoms with Crippen molar-refractivity contribution in [2.75, 3.05) is 6.54 Å². The molecular formula is C14H22N2S. The van der Waals surface area contributed by atoms with Crippen molar-refractivity contribution in [3.05, 3.63) is 16.1 Å². The van der Waals surface area contributed by atoms with Crippen LogP contribution in [-0.4, -0.2) is 17.6 Å². The Bertz CT molecular complexity index is 349. The average molecular weight is 250 g/mol. The zero-order chi connectivity index (χ0) is 11.5. The lowest BCUT2D eigenvalue weighted by Crippen LogP contribution is -2.21. The summed E-state index contributed by atoms with van der Waals surface area (Å²) in [4.78, 5) is 4.84. The number of hydrogen-bond acceptors (Lipinski definition) is 3. The quantitative estimate of drug-likeness (QED) is 0.885. The van der Waals surface area contributed by atoms with Crippen molar-refractivity contribution in [3.63, 3.8) is 0 Å². The molecule has 17 heavy (non-hydrogen) atoms. The molecule has 1 N–H and O–H groups in total. The highest BCUT2D eigenvalue weighted by Gasteiger charge is 2.20. The van der Waals surface area contributed by atoms with Gasteiger partial charge in [0.2, 0.25) is 0 Å². The second kappa shape index (κ2) is 5.49. The first-order chi connectivity index (χ1) is 8.42. The van der Waals surface area contributed by atoms with E-state index in [1.165, 1.54) is 68.6 Å². The molecule has 1 aromatic heterocycles. The van der Waals surface area contributed by atoms with Crippen molar-refractivity contribution in [1.29, 1.82) is 0 Å². The second-order valence-corrected chi connectivity index (χ2v) is 6.42. The van der Waals surface area contributed by atoms with Gasteiger partial charge >= 0.3 is 0 Å². The lowest BCUT2D eigenvalue weighted by molar-refractivity contribution is 0.557. The summed E-state index contributed by atoms with van der Waals surface area (Å²) >= 11 is 1.88. The predicted octanol–water partition coefficient (Wildman–Crippen LogP) is 3.49. The SMILES string of the molecule is c1sc(CCC2CCCN2)nc1C1CCCC1. The number of aryl methyl sites for hydroxylation is 1. The van der Waals surface area contributed by atoms with Crippen LogP contribution in [0, 0.1) is 0 Å². The molecule has 1 saturated heterocycles. The third kappa shape index (κ3) is 2.89. The fourth-order valence-corrected chi connectivity index (χ4v) is 4.05. The first-order valence-corrected chi connectivity index (χ1v) is 7.97. The third-order valence-corrected chi connectivity index (χ3v) is 5.14. The molecule has 2 aliphatic rings. The molecule has 2 fully saturated rings. The summed E-state index contributed by atoms with van der Waals surface area (Å²) in [6.45, 7) is 1.22. The molecule has 0 amide bonds. The van der Waals surface area contributed by atoms with Gasteiger partial charge in [-0.3, -0.25) is 0 Å². The molecule has 0 spiro atoms. The number of nitrogens with one attached hydrogen (secondary N) is 1. The Labute approximate surface area is 108 Å². The Morgan fingerprint density at radius 2 is 2.12 bits per heavy atom. The summed E-state index contributed by atoms with van der Waals surface area (Å²) in [6, 6.07) is 0.758. The highest BCUT2D eigenvalue weighted by molar-refractivity contribution is 7.09. The van der Waals surface area contributed by atoms with E-state index < -0.39 is 0 Å². The highest BCUT2D eigenvalue weighted by atomic mass is 32.1. The molecule has 0 radical (unpaired) electrons. The van der Waals surface area contributed by atoms with Gasteiger partial charge in [0.1, 0.15) is 0 Å². The van der Waals surface area contributed by atoms with Crippen LogP contribution in [0.5, 0.6) is 0 Å². The van der Waals surface area contributed by atoms with Gasteiger partial charge in [-0.25, -0.2) is 4.98 Å². The van der Waals surface area contributed by atoms with E-state index in [-0.39, 0.29) is 0 Å². The van der Waals surface area contributed by atoms with E-state index in [0.29, 0.717) is 0 Å². The van der Waals surface area contributed by atoms with Crippen molar-refractivity contribution in [2.24, 2.45) is 0 Å². The van der Waals surface area contributed by atoms with E-state index in [0.717, 1.165) is 12.0 Å². The molecule has 2 heterocycles. The van der Waals surface area contributed by atoms with Gasteiger partial charge in [-0.1, -0.05) is 12.8 Å². The van der Waals surface area contributed by atoms with Crippen molar-refractivity contribution in [3.8, 4) is 0 Å². The maximum Gasteiger partial charge on any atom is 0.0928 e. The number of thiazole rings is 1. The standard InChI is InChI=1S/C14H22N2S/c1-2-5-11(4-1)13-10-17-14(16-13)8-7-12-6-3-9-15-12/h10-12,15H,1-9H2. The third-order valence-electron chi connectivity index (χ3n) is 4.21. The Morgan fingerprint density at radius 1 is 1.24 bits per heavy atom. The first kappa shape index (κ1) is 11.7. The van der Waals surface area contributed by atoms with Crippen LogP contribution in [0.25, 0.3) is 0 Å². The van der Waals surface area contributed by atoms with Crippen LogP contribution in [0.3, 0.4) is 0 Å². The number of hydrogen-bond donors (Lipinski definition) is 1. The van der Waals surface area contributed by atoms with E-state index in [4.69, 9.17) is 4.98 Å². The fourth-order valence-electron chi connectivity index (χ4n) is 3.15. The summed E-state index contributed by atoms with van der Waals surface area (Å²) < 4.78 is 0. The molecule has 1 aliphatic carbocycles. The second-order valence-electron chi connectivity index (χ2n) is 5.48. The van der Waals surface area contributed by atoms with Crippen LogP contribution < -0.4 is 5.32 Å². The summed E-state index contributed by atoms with van der Waals surface area (Å²) in [7, 11) is 0. The zero-order valence-corrected chi connectivity index (χ0v) is 11.3. The van der Waals surface area contributed by atoms with E-state index in [1.54, 1.807) is 0 Å². The van der Waals surface area contributed by atoms with Gasteiger partial charge in [0.25, 0.3) is 0 Å². The molecule has 0 bridgehead atoms. The lowest BCUT2D eigenvalue weighted by atomic mass is 10.1. The van der Waals surface area contributed by atoms with Crippen LogP contribution in [0.15, 0.2) is 5.38 Å². The van der Waals surface area contributed by atoms with E-state index in [2.05, 4.69) is 10.7 Å². The molecule has 1 unspecified atom stereocenters. The number of rotatable bonds is 4. The minimum absolute atomic E-state index is 0.758. The lowest BCUT2D eigenvalue weighted by Gasteiger charge is -2.07. The number of aromatic nitrogens is 1. The zero-order valence-electron chi connectivity index (χ0n) is 10.5. The van der Waals surface area contributed by atoms with Crippen LogP contribution >= 0.6 is 11.3 Å². The summed E-state index contributed by atoms with van der Waals surface area (Å²) in [5.74, 6) is 0.782. The van der Waals surface area contributed by atoms with Gasteiger partial charge in [0.05, 0.1) is 10.7 Å². The molecule has 1 aromatic rings. The highest BCUT2D eigenvalue weighted by Crippen LogP contribution is 2.34. The molecule has 1 atom stereocenters. The van der Waals surface area contributed by atoms with Crippen molar-refractivity contribution < 1.29 is 0 Å². The van der Waals surface area contributed by atoms with Crippen molar-refractivity contribution in [2.45, 2.75) is 63.3 Å². The van der Waals surface area contributed by atoms with Crippen molar-refractivity contribution in [1.82, 2.24) is 10.3 Å². The molecular weight excluding hydrogens is 228 g/mol. The molecule has 2 nitrogen and oxygen atoms in total. The summed E-state index contributed by atoms with van der Waals surface area (Å²) in [5, 5.41) is 7.24. The van der Waals surface area contributed by atoms with Crippen molar-refractivity contribution >= 4 is 11.3 Å². The van der Waals surface area contributed by atoms with E-state index in [1.807, 2.05) is 11.3 Å². The normalized spacial score (nSPS) is 25.8. The fraction of sp³-hybridized carbons (Fsp3) is 0.786. The molecule has 0 aromatic carbocycles. The van der Waals surface area contributed by atoms with E-state index >= 15 is 0 Å². The molecule has 1 saturated carbocycles. The maximum atomic E-state index is 4.84. The largest absolute Gasteiger partial charge is 0.314 e. The van der Waals surface area contributed by atoms with Gasteiger partial charge < -0.3 is 5.32 Å². The van der Waals surface area contributed by atoms with Crippen LogP contribution in [0.2, 0.25) is 0 Å². The summed E-state index contributed by atoms with van der Waals surface area (Å²) in [6.07, 6.45) is 10.7. The minimum Gasteiger partial charge on any atom is -0.314 e. The van der Waals surface area contributed by atoms with Gasteiger partial charge in [0, 0.05) is 23.8 Å². The Kier molecular flexibility index (Phi) is 3.77. The smallest absolute Gasteiger partial charge is 0.0928 e. The maximum absolute atomic E-state index is 4.84. The van der Waals surface area contributed by atoms with Crippen LogP contribution in [-0.2, 0) is 6.42 Å². The minimum atomic E-state index is 0.758. The van der Waals surface area contributed by atoms with Crippen LogP contribution in [0.4, 0.5) is 0 Å². The average Bonchev–Trinajstić information content (AvgIpc) is 3.09.